The number of thioether (sulfide) groups is 1. The van der Waals surface area contributed by atoms with E-state index in [0.29, 0.717) is 17.4 Å². The molecule has 1 unspecified atom stereocenters. The van der Waals surface area contributed by atoms with Crippen molar-refractivity contribution < 1.29 is 4.79 Å². The third-order valence-corrected chi connectivity index (χ3v) is 6.56. The summed E-state index contributed by atoms with van der Waals surface area (Å²) < 4.78 is 2.39. The highest BCUT2D eigenvalue weighted by Gasteiger charge is 2.24. The molecule has 0 aliphatic heterocycles. The van der Waals surface area contributed by atoms with Gasteiger partial charge in [0.1, 0.15) is 16.2 Å². The number of aryl methyl sites for hydroxylation is 1. The van der Waals surface area contributed by atoms with E-state index in [1.807, 2.05) is 39.0 Å². The molecule has 1 N–H and O–H groups in total. The van der Waals surface area contributed by atoms with Gasteiger partial charge in [-0.25, -0.2) is 14.8 Å². The predicted molar refractivity (Wildman–Crippen MR) is 132 cm³/mol. The van der Waals surface area contributed by atoms with E-state index in [1.165, 1.54) is 28.9 Å². The maximum atomic E-state index is 12.9. The molecular weight excluding hydrogens is 438 g/mol. The van der Waals surface area contributed by atoms with Gasteiger partial charge in [0.2, 0.25) is 5.91 Å². The van der Waals surface area contributed by atoms with Crippen LogP contribution >= 0.6 is 11.8 Å². The van der Waals surface area contributed by atoms with E-state index in [0.717, 1.165) is 11.0 Å². The monoisotopic (exact) mass is 469 g/mol. The second kappa shape index (κ2) is 9.91. The Labute approximate surface area is 197 Å². The van der Waals surface area contributed by atoms with Crippen LogP contribution < -0.4 is 16.6 Å². The van der Waals surface area contributed by atoms with Gasteiger partial charge >= 0.3 is 5.69 Å². The van der Waals surface area contributed by atoms with Crippen LogP contribution in [0.4, 0.5) is 0 Å². The Hall–Kier alpha value is -2.94. The molecule has 3 rings (SSSR count). The lowest BCUT2D eigenvalue weighted by Gasteiger charge is -2.19. The van der Waals surface area contributed by atoms with Gasteiger partial charge in [-0.3, -0.25) is 18.7 Å². The predicted octanol–water partition coefficient (Wildman–Crippen LogP) is 2.73. The molecule has 0 radical (unpaired) electrons. The molecule has 0 spiro atoms. The molecule has 2 aromatic heterocycles. The minimum absolute atomic E-state index is 0.104. The highest BCUT2D eigenvalue weighted by molar-refractivity contribution is 8.00. The van der Waals surface area contributed by atoms with Gasteiger partial charge in [0.25, 0.3) is 5.56 Å². The highest BCUT2D eigenvalue weighted by atomic mass is 32.2. The highest BCUT2D eigenvalue weighted by Crippen LogP contribution is 2.27. The van der Waals surface area contributed by atoms with Crippen LogP contribution in [0.3, 0.4) is 0 Å². The smallest absolute Gasteiger partial charge is 0.332 e. The number of carbonyl (C=O) groups is 1. The Morgan fingerprint density at radius 3 is 2.36 bits per heavy atom. The van der Waals surface area contributed by atoms with Gasteiger partial charge in [0.05, 0.1) is 5.75 Å². The molecule has 33 heavy (non-hydrogen) atoms. The average molecular weight is 470 g/mol. The summed E-state index contributed by atoms with van der Waals surface area (Å²) >= 11 is 1.19. The van der Waals surface area contributed by atoms with Gasteiger partial charge in [-0.1, -0.05) is 69.8 Å². The lowest BCUT2D eigenvalue weighted by Crippen LogP contribution is -2.38. The quantitative estimate of drug-likeness (QED) is 0.422. The Morgan fingerprint density at radius 1 is 1.09 bits per heavy atom. The molecule has 176 valence electrons. The Balaban J connectivity index is 1.87. The maximum Gasteiger partial charge on any atom is 0.332 e. The molecule has 1 amide bonds. The van der Waals surface area contributed by atoms with E-state index in [4.69, 9.17) is 0 Å². The van der Waals surface area contributed by atoms with Crippen LogP contribution in [-0.4, -0.2) is 37.3 Å². The first kappa shape index (κ1) is 24.7. The molecule has 0 aliphatic rings. The SMILES string of the molecule is CCC(CNC(=O)CSc1nc(C(C)(C)C)nc2c1c(=O)n(C)c(=O)n2C)c1ccccc1. The van der Waals surface area contributed by atoms with Crippen molar-refractivity contribution in [3.8, 4) is 0 Å². The zero-order valence-electron chi connectivity index (χ0n) is 20.0. The second-order valence-electron chi connectivity index (χ2n) is 9.12. The van der Waals surface area contributed by atoms with Gasteiger partial charge in [0, 0.05) is 32.0 Å². The van der Waals surface area contributed by atoms with Crippen molar-refractivity contribution in [2.45, 2.75) is 50.5 Å². The van der Waals surface area contributed by atoms with E-state index in [2.05, 4.69) is 34.3 Å². The van der Waals surface area contributed by atoms with Crippen LogP contribution in [0.15, 0.2) is 44.9 Å². The van der Waals surface area contributed by atoms with Crippen LogP contribution in [0, 0.1) is 0 Å². The molecule has 0 fully saturated rings. The van der Waals surface area contributed by atoms with Crippen molar-refractivity contribution in [3.05, 3.63) is 62.6 Å². The Kier molecular flexibility index (Phi) is 7.41. The maximum absolute atomic E-state index is 12.9. The Bertz CT molecular complexity index is 1280. The van der Waals surface area contributed by atoms with Crippen molar-refractivity contribution in [2.24, 2.45) is 14.1 Å². The molecule has 3 aromatic rings. The van der Waals surface area contributed by atoms with Gasteiger partial charge in [-0.2, -0.15) is 0 Å². The van der Waals surface area contributed by atoms with E-state index in [-0.39, 0.29) is 28.6 Å². The minimum Gasteiger partial charge on any atom is -0.355 e. The third-order valence-electron chi connectivity index (χ3n) is 5.59. The number of aromatic nitrogens is 4. The van der Waals surface area contributed by atoms with Crippen molar-refractivity contribution in [2.75, 3.05) is 12.3 Å². The molecule has 0 aliphatic carbocycles. The summed E-state index contributed by atoms with van der Waals surface area (Å²) in [6.07, 6.45) is 0.910. The number of rotatable bonds is 7. The number of nitrogens with one attached hydrogen (secondary N) is 1. The number of amides is 1. The van der Waals surface area contributed by atoms with Crippen LogP contribution in [-0.2, 0) is 24.3 Å². The zero-order chi connectivity index (χ0) is 24.3. The number of benzene rings is 1. The van der Waals surface area contributed by atoms with Crippen molar-refractivity contribution >= 4 is 28.7 Å². The fourth-order valence-corrected chi connectivity index (χ4v) is 4.36. The number of carbonyl (C=O) groups excluding carboxylic acids is 1. The van der Waals surface area contributed by atoms with Gasteiger partial charge in [-0.15, -0.1) is 0 Å². The minimum atomic E-state index is -0.466. The standard InChI is InChI=1S/C24H31N5O3S/c1-7-15(16-11-9-8-10-12-16)13-25-17(30)14-33-20-18-19(26-22(27-20)24(2,3)4)28(5)23(32)29(6)21(18)31/h8-12,15H,7,13-14H2,1-6H3,(H,25,30). The van der Waals surface area contributed by atoms with E-state index >= 15 is 0 Å². The summed E-state index contributed by atoms with van der Waals surface area (Å²) in [7, 11) is 3.01. The average Bonchev–Trinajstić information content (AvgIpc) is 2.79. The molecule has 0 saturated heterocycles. The van der Waals surface area contributed by atoms with Gasteiger partial charge < -0.3 is 5.32 Å². The first-order valence-electron chi connectivity index (χ1n) is 11.0. The van der Waals surface area contributed by atoms with Gasteiger partial charge in [-0.05, 0) is 12.0 Å². The largest absolute Gasteiger partial charge is 0.355 e. The van der Waals surface area contributed by atoms with E-state index in [9.17, 15) is 14.4 Å². The molecule has 1 atom stereocenters. The summed E-state index contributed by atoms with van der Waals surface area (Å²) in [4.78, 5) is 47.1. The lowest BCUT2D eigenvalue weighted by atomic mass is 9.96. The molecule has 2 heterocycles. The van der Waals surface area contributed by atoms with Crippen LogP contribution in [0.5, 0.6) is 0 Å². The normalized spacial score (nSPS) is 12.7. The molecule has 8 nitrogen and oxygen atoms in total. The van der Waals surface area contributed by atoms with Crippen molar-refractivity contribution in [1.29, 1.82) is 0 Å². The van der Waals surface area contributed by atoms with Gasteiger partial charge in [0.15, 0.2) is 5.65 Å². The molecule has 9 heteroatoms. The summed E-state index contributed by atoms with van der Waals surface area (Å²) in [6, 6.07) is 10.1. The molecule has 0 bridgehead atoms. The molecular formula is C24H31N5O3S. The lowest BCUT2D eigenvalue weighted by molar-refractivity contribution is -0.118. The first-order valence-corrected chi connectivity index (χ1v) is 12.0. The zero-order valence-corrected chi connectivity index (χ0v) is 20.8. The van der Waals surface area contributed by atoms with Crippen molar-refractivity contribution in [3.63, 3.8) is 0 Å². The summed E-state index contributed by atoms with van der Waals surface area (Å²) in [6.45, 7) is 8.52. The second-order valence-corrected chi connectivity index (χ2v) is 10.1. The molecule has 1 aromatic carbocycles. The number of hydrogen-bond donors (Lipinski definition) is 1. The van der Waals surface area contributed by atoms with Crippen LogP contribution in [0.2, 0.25) is 0 Å². The summed E-state index contributed by atoms with van der Waals surface area (Å²) in [5.74, 6) is 0.707. The number of hydrogen-bond acceptors (Lipinski definition) is 6. The fraction of sp³-hybridized carbons (Fsp3) is 0.458. The third kappa shape index (κ3) is 5.35. The van der Waals surface area contributed by atoms with E-state index in [1.54, 1.807) is 7.05 Å². The summed E-state index contributed by atoms with van der Waals surface area (Å²) in [5.41, 5.74) is 0.153. The van der Waals surface area contributed by atoms with Crippen LogP contribution in [0.25, 0.3) is 11.0 Å². The summed E-state index contributed by atoms with van der Waals surface area (Å²) in [5, 5.41) is 3.66. The Morgan fingerprint density at radius 2 is 1.76 bits per heavy atom. The number of fused-ring (bicyclic) bond motifs is 1. The van der Waals surface area contributed by atoms with Crippen LogP contribution in [0.1, 0.15) is 51.4 Å². The first-order chi connectivity index (χ1) is 15.5. The topological polar surface area (TPSA) is 98.9 Å². The fourth-order valence-electron chi connectivity index (χ4n) is 3.51. The molecule has 0 saturated carbocycles. The number of nitrogens with zero attached hydrogens (tertiary/aromatic N) is 4. The van der Waals surface area contributed by atoms with Crippen molar-refractivity contribution in [1.82, 2.24) is 24.4 Å². The van der Waals surface area contributed by atoms with E-state index < -0.39 is 16.7 Å².